The van der Waals surface area contributed by atoms with Crippen molar-refractivity contribution in [2.45, 2.75) is 32.4 Å². The van der Waals surface area contributed by atoms with Crippen LogP contribution in [0.3, 0.4) is 0 Å². The molecule has 1 aromatic rings. The molecule has 2 atom stereocenters. The van der Waals surface area contributed by atoms with Gasteiger partial charge in [-0.1, -0.05) is 6.92 Å². The monoisotopic (exact) mass is 197 g/mol. The lowest BCUT2D eigenvalue weighted by molar-refractivity contribution is 0.379. The molecule has 0 radical (unpaired) electrons. The first-order valence-electron chi connectivity index (χ1n) is 4.63. The van der Waals surface area contributed by atoms with Crippen LogP contribution >= 0.6 is 0 Å². The molecule has 0 amide bonds. The third-order valence-electron chi connectivity index (χ3n) is 2.34. The van der Waals surface area contributed by atoms with Crippen LogP contribution in [0.1, 0.15) is 26.3 Å². The van der Waals surface area contributed by atoms with Gasteiger partial charge in [-0.05, 0) is 13.3 Å². The second-order valence-electron chi connectivity index (χ2n) is 3.33. The van der Waals surface area contributed by atoms with E-state index in [1.165, 1.54) is 16.8 Å². The highest BCUT2D eigenvalue weighted by atomic mass is 16.1. The number of nitrogens with two attached hydrogens (primary N) is 1. The molecule has 0 aliphatic heterocycles. The Labute approximate surface area is 81.5 Å². The van der Waals surface area contributed by atoms with Gasteiger partial charge in [0, 0.05) is 18.2 Å². The van der Waals surface area contributed by atoms with Gasteiger partial charge >= 0.3 is 0 Å². The number of rotatable bonds is 3. The molecule has 78 valence electrons. The zero-order chi connectivity index (χ0) is 10.7. The Hall–Kier alpha value is -1.36. The lowest BCUT2D eigenvalue weighted by Crippen LogP contribution is -2.39. The normalized spacial score (nSPS) is 15.1. The van der Waals surface area contributed by atoms with Gasteiger partial charge in [0.1, 0.15) is 0 Å². The van der Waals surface area contributed by atoms with Crippen molar-refractivity contribution in [3.63, 3.8) is 0 Å². The Morgan fingerprint density at radius 3 is 2.71 bits per heavy atom. The highest BCUT2D eigenvalue weighted by molar-refractivity contribution is 4.88. The van der Waals surface area contributed by atoms with Crippen LogP contribution in [0.4, 0.5) is 0 Å². The summed E-state index contributed by atoms with van der Waals surface area (Å²) < 4.78 is 1.27. The van der Waals surface area contributed by atoms with E-state index in [2.05, 4.69) is 5.10 Å². The van der Waals surface area contributed by atoms with Gasteiger partial charge in [-0.25, -0.2) is 4.68 Å². The van der Waals surface area contributed by atoms with Crippen molar-refractivity contribution in [2.75, 3.05) is 0 Å². The Morgan fingerprint density at radius 1 is 1.50 bits per heavy atom. The van der Waals surface area contributed by atoms with Gasteiger partial charge in [-0.3, -0.25) is 14.7 Å². The molecule has 5 heteroatoms. The Kier molecular flexibility index (Phi) is 3.24. The summed E-state index contributed by atoms with van der Waals surface area (Å²) in [6, 6.07) is 2.13. The standard InChI is InChI=1S/C9H15N3O2/c1-3-7(10)6(2)12-9(14)5-4-8(13)11-12/h4-7H,3,10H2,1-2H3,(H,11,13). The number of nitrogens with zero attached hydrogens (tertiary/aromatic N) is 1. The van der Waals surface area contributed by atoms with E-state index in [-0.39, 0.29) is 23.2 Å². The molecule has 0 saturated carbocycles. The van der Waals surface area contributed by atoms with Gasteiger partial charge in [0.25, 0.3) is 11.1 Å². The SMILES string of the molecule is CCC(N)C(C)n1[nH]c(=O)ccc1=O. The zero-order valence-corrected chi connectivity index (χ0v) is 8.36. The van der Waals surface area contributed by atoms with Crippen molar-refractivity contribution < 1.29 is 0 Å². The van der Waals surface area contributed by atoms with Crippen LogP contribution in [0, 0.1) is 0 Å². The number of nitrogens with one attached hydrogen (secondary N) is 1. The summed E-state index contributed by atoms with van der Waals surface area (Å²) in [4.78, 5) is 22.4. The lowest BCUT2D eigenvalue weighted by atomic mass is 10.1. The molecule has 0 aliphatic carbocycles. The minimum absolute atomic E-state index is 0.134. The maximum absolute atomic E-state index is 11.4. The minimum atomic E-state index is -0.292. The number of aromatic nitrogens is 2. The molecule has 0 spiro atoms. The van der Waals surface area contributed by atoms with Crippen LogP contribution < -0.4 is 16.9 Å². The second-order valence-corrected chi connectivity index (χ2v) is 3.33. The molecule has 5 nitrogen and oxygen atoms in total. The molecule has 1 aromatic heterocycles. The topological polar surface area (TPSA) is 80.9 Å². The van der Waals surface area contributed by atoms with Crippen molar-refractivity contribution in [3.8, 4) is 0 Å². The fourth-order valence-corrected chi connectivity index (χ4v) is 1.27. The summed E-state index contributed by atoms with van der Waals surface area (Å²) in [6.07, 6.45) is 0.754. The summed E-state index contributed by atoms with van der Waals surface area (Å²) >= 11 is 0. The Bertz CT molecular complexity index is 407. The van der Waals surface area contributed by atoms with Crippen LogP contribution in [0.25, 0.3) is 0 Å². The van der Waals surface area contributed by atoms with Crippen molar-refractivity contribution in [3.05, 3.63) is 32.8 Å². The number of aromatic amines is 1. The van der Waals surface area contributed by atoms with E-state index < -0.39 is 0 Å². The van der Waals surface area contributed by atoms with Gasteiger partial charge in [0.15, 0.2) is 0 Å². The number of hydrogen-bond acceptors (Lipinski definition) is 3. The second kappa shape index (κ2) is 4.23. The van der Waals surface area contributed by atoms with Gasteiger partial charge in [0.2, 0.25) is 0 Å². The van der Waals surface area contributed by atoms with Crippen molar-refractivity contribution in [2.24, 2.45) is 5.73 Å². The summed E-state index contributed by atoms with van der Waals surface area (Å²) in [7, 11) is 0. The molecule has 0 fully saturated rings. The molecule has 1 rings (SSSR count). The van der Waals surface area contributed by atoms with E-state index in [0.717, 1.165) is 6.42 Å². The summed E-state index contributed by atoms with van der Waals surface area (Å²) in [5, 5.41) is 2.46. The molecule has 0 bridgehead atoms. The van der Waals surface area contributed by atoms with E-state index in [0.29, 0.717) is 0 Å². The first-order chi connectivity index (χ1) is 6.56. The molecule has 2 unspecified atom stereocenters. The zero-order valence-electron chi connectivity index (χ0n) is 8.36. The van der Waals surface area contributed by atoms with Gasteiger partial charge in [-0.2, -0.15) is 0 Å². The fraction of sp³-hybridized carbons (Fsp3) is 0.556. The smallest absolute Gasteiger partial charge is 0.265 e. The molecule has 0 aromatic carbocycles. The van der Waals surface area contributed by atoms with Gasteiger partial charge in [-0.15, -0.1) is 0 Å². The summed E-state index contributed by atoms with van der Waals surface area (Å²) in [5.74, 6) is 0. The van der Waals surface area contributed by atoms with E-state index in [4.69, 9.17) is 5.73 Å². The molecule has 0 saturated heterocycles. The largest absolute Gasteiger partial charge is 0.326 e. The molecule has 14 heavy (non-hydrogen) atoms. The average molecular weight is 197 g/mol. The molecule has 1 heterocycles. The summed E-state index contributed by atoms with van der Waals surface area (Å²) in [6.45, 7) is 3.75. The van der Waals surface area contributed by atoms with Crippen molar-refractivity contribution in [1.82, 2.24) is 9.78 Å². The number of hydrogen-bond donors (Lipinski definition) is 2. The molecular weight excluding hydrogens is 182 g/mol. The van der Waals surface area contributed by atoms with Crippen LogP contribution in [-0.4, -0.2) is 15.8 Å². The van der Waals surface area contributed by atoms with E-state index >= 15 is 0 Å². The number of H-pyrrole nitrogens is 1. The third-order valence-corrected chi connectivity index (χ3v) is 2.34. The van der Waals surface area contributed by atoms with Crippen LogP contribution in [0.2, 0.25) is 0 Å². The van der Waals surface area contributed by atoms with E-state index in [1.54, 1.807) is 0 Å². The first kappa shape index (κ1) is 10.7. The highest BCUT2D eigenvalue weighted by Gasteiger charge is 2.13. The quantitative estimate of drug-likeness (QED) is 0.706. The Morgan fingerprint density at radius 2 is 2.14 bits per heavy atom. The van der Waals surface area contributed by atoms with Gasteiger partial charge in [0.05, 0.1) is 6.04 Å². The average Bonchev–Trinajstić information content (AvgIpc) is 2.19. The van der Waals surface area contributed by atoms with Gasteiger partial charge < -0.3 is 5.73 Å². The minimum Gasteiger partial charge on any atom is -0.326 e. The lowest BCUT2D eigenvalue weighted by Gasteiger charge is -2.19. The highest BCUT2D eigenvalue weighted by Crippen LogP contribution is 2.06. The Balaban J connectivity index is 3.12. The van der Waals surface area contributed by atoms with E-state index in [1.807, 2.05) is 13.8 Å². The van der Waals surface area contributed by atoms with Crippen molar-refractivity contribution in [1.29, 1.82) is 0 Å². The first-order valence-corrected chi connectivity index (χ1v) is 4.63. The van der Waals surface area contributed by atoms with Crippen LogP contribution in [0.15, 0.2) is 21.7 Å². The molecule has 0 aliphatic rings. The van der Waals surface area contributed by atoms with Crippen LogP contribution in [0.5, 0.6) is 0 Å². The van der Waals surface area contributed by atoms with Crippen molar-refractivity contribution >= 4 is 0 Å². The van der Waals surface area contributed by atoms with Crippen LogP contribution in [-0.2, 0) is 0 Å². The van der Waals surface area contributed by atoms with E-state index in [9.17, 15) is 9.59 Å². The fourth-order valence-electron chi connectivity index (χ4n) is 1.27. The molecule has 3 N–H and O–H groups in total. The maximum Gasteiger partial charge on any atom is 0.265 e. The maximum atomic E-state index is 11.4. The third kappa shape index (κ3) is 2.11. The molecular formula is C9H15N3O2. The summed E-state index contributed by atoms with van der Waals surface area (Å²) in [5.41, 5.74) is 5.26. The predicted molar refractivity (Wildman–Crippen MR) is 54.3 cm³/mol. The predicted octanol–water partition coefficient (Wildman–Crippen LogP) is -0.165.